The smallest absolute Gasteiger partial charge is 0.251 e. The Labute approximate surface area is 179 Å². The molecule has 162 valence electrons. The topological polar surface area (TPSA) is 75.7 Å². The Morgan fingerprint density at radius 2 is 1.77 bits per heavy atom. The minimum absolute atomic E-state index is 0.0283. The van der Waals surface area contributed by atoms with Crippen molar-refractivity contribution in [2.75, 3.05) is 14.2 Å². The van der Waals surface area contributed by atoms with Gasteiger partial charge in [0.2, 0.25) is 10.0 Å². The normalized spacial score (nSPS) is 15.3. The van der Waals surface area contributed by atoms with Crippen molar-refractivity contribution in [3.05, 3.63) is 65.2 Å². The van der Waals surface area contributed by atoms with Crippen molar-refractivity contribution in [3.63, 3.8) is 0 Å². The second-order valence-corrected chi connectivity index (χ2v) is 9.77. The molecule has 0 aliphatic heterocycles. The number of hydrogen-bond donors (Lipinski definition) is 1. The average molecular weight is 431 g/mol. The van der Waals surface area contributed by atoms with E-state index in [0.29, 0.717) is 18.7 Å². The summed E-state index contributed by atoms with van der Waals surface area (Å²) < 4.78 is 32.7. The predicted molar refractivity (Wildman–Crippen MR) is 117 cm³/mol. The van der Waals surface area contributed by atoms with Gasteiger partial charge in [0.1, 0.15) is 0 Å². The molecule has 0 saturated heterocycles. The molecule has 1 saturated carbocycles. The highest BCUT2D eigenvalue weighted by molar-refractivity contribution is 7.89. The molecule has 2 aromatic rings. The van der Waals surface area contributed by atoms with Crippen molar-refractivity contribution in [2.45, 2.75) is 56.2 Å². The first kappa shape index (κ1) is 22.5. The van der Waals surface area contributed by atoms with E-state index in [9.17, 15) is 13.2 Å². The number of methoxy groups -OCH3 is 1. The van der Waals surface area contributed by atoms with E-state index < -0.39 is 10.0 Å². The number of amides is 1. The third-order valence-electron chi connectivity index (χ3n) is 5.62. The molecule has 2 aromatic carbocycles. The van der Waals surface area contributed by atoms with Crippen molar-refractivity contribution < 1.29 is 17.9 Å². The Bertz CT molecular complexity index is 969. The molecule has 0 unspecified atom stereocenters. The second-order valence-electron chi connectivity index (χ2n) is 7.78. The number of rotatable bonds is 8. The number of carbonyl (C=O) groups excluding carboxylic acids is 1. The van der Waals surface area contributed by atoms with Gasteiger partial charge in [0, 0.05) is 32.3 Å². The molecule has 1 amide bonds. The van der Waals surface area contributed by atoms with Gasteiger partial charge in [0.25, 0.3) is 5.91 Å². The van der Waals surface area contributed by atoms with Crippen LogP contribution in [0.3, 0.4) is 0 Å². The lowest BCUT2D eigenvalue weighted by atomic mass is 9.96. The fourth-order valence-corrected chi connectivity index (χ4v) is 5.35. The van der Waals surface area contributed by atoms with Crippen molar-refractivity contribution in [3.8, 4) is 0 Å². The zero-order valence-electron chi connectivity index (χ0n) is 17.6. The van der Waals surface area contributed by atoms with E-state index in [1.165, 1.54) is 10.4 Å². The monoisotopic (exact) mass is 430 g/mol. The standard InChI is InChI=1S/C23H30N2O4S/c1-25(21-11-4-3-5-12-21)30(27,28)22-13-7-10-20(15-22)23(26)24-16-18-8-6-9-19(14-18)17-29-2/h6-10,13-15,21H,3-5,11-12,16-17H2,1-2H3,(H,24,26). The summed E-state index contributed by atoms with van der Waals surface area (Å²) in [7, 11) is -0.350. The summed E-state index contributed by atoms with van der Waals surface area (Å²) in [5.74, 6) is -0.301. The van der Waals surface area contributed by atoms with Crippen LogP contribution in [0, 0.1) is 0 Å². The van der Waals surface area contributed by atoms with E-state index >= 15 is 0 Å². The summed E-state index contributed by atoms with van der Waals surface area (Å²) in [5.41, 5.74) is 2.32. The summed E-state index contributed by atoms with van der Waals surface area (Å²) in [6.07, 6.45) is 5.04. The Morgan fingerprint density at radius 3 is 2.50 bits per heavy atom. The SMILES string of the molecule is COCc1cccc(CNC(=O)c2cccc(S(=O)(=O)N(C)C3CCCCC3)c2)c1. The average Bonchev–Trinajstić information content (AvgIpc) is 2.78. The van der Waals surface area contributed by atoms with Crippen molar-refractivity contribution in [1.29, 1.82) is 0 Å². The van der Waals surface area contributed by atoms with Crippen LogP contribution in [0.1, 0.15) is 53.6 Å². The summed E-state index contributed by atoms with van der Waals surface area (Å²) in [4.78, 5) is 12.8. The zero-order valence-corrected chi connectivity index (χ0v) is 18.5. The first-order valence-corrected chi connectivity index (χ1v) is 11.8. The quantitative estimate of drug-likeness (QED) is 0.693. The van der Waals surface area contributed by atoms with Crippen LogP contribution in [0.25, 0.3) is 0 Å². The molecule has 7 heteroatoms. The zero-order chi connectivity index (χ0) is 21.6. The molecular weight excluding hydrogens is 400 g/mol. The summed E-state index contributed by atoms with van der Waals surface area (Å²) in [5, 5.41) is 2.87. The molecule has 6 nitrogen and oxygen atoms in total. The fourth-order valence-electron chi connectivity index (χ4n) is 3.89. The van der Waals surface area contributed by atoms with Gasteiger partial charge in [0.05, 0.1) is 11.5 Å². The van der Waals surface area contributed by atoms with Crippen LogP contribution in [-0.4, -0.2) is 38.8 Å². The third-order valence-corrected chi connectivity index (χ3v) is 7.52. The minimum Gasteiger partial charge on any atom is -0.380 e. The van der Waals surface area contributed by atoms with Gasteiger partial charge in [-0.1, -0.05) is 49.6 Å². The van der Waals surface area contributed by atoms with Gasteiger partial charge in [-0.15, -0.1) is 0 Å². The Balaban J connectivity index is 1.69. The number of ether oxygens (including phenoxy) is 1. The molecular formula is C23H30N2O4S. The largest absolute Gasteiger partial charge is 0.380 e. The number of benzene rings is 2. The van der Waals surface area contributed by atoms with Gasteiger partial charge in [-0.25, -0.2) is 8.42 Å². The molecule has 3 rings (SSSR count). The fraction of sp³-hybridized carbons (Fsp3) is 0.435. The molecule has 0 heterocycles. The molecule has 0 spiro atoms. The molecule has 0 aromatic heterocycles. The van der Waals surface area contributed by atoms with Gasteiger partial charge in [-0.05, 0) is 42.2 Å². The van der Waals surface area contributed by atoms with E-state index in [1.807, 2.05) is 24.3 Å². The van der Waals surface area contributed by atoms with Gasteiger partial charge >= 0.3 is 0 Å². The number of nitrogens with zero attached hydrogens (tertiary/aromatic N) is 1. The number of sulfonamides is 1. The van der Waals surface area contributed by atoms with Crippen LogP contribution in [0.2, 0.25) is 0 Å². The lowest BCUT2D eigenvalue weighted by Gasteiger charge is -2.30. The highest BCUT2D eigenvalue weighted by Crippen LogP contribution is 2.26. The Morgan fingerprint density at radius 1 is 1.07 bits per heavy atom. The van der Waals surface area contributed by atoms with E-state index in [4.69, 9.17) is 4.74 Å². The number of nitrogens with one attached hydrogen (secondary N) is 1. The molecule has 0 atom stereocenters. The Kier molecular flexibility index (Phi) is 7.64. The van der Waals surface area contributed by atoms with Gasteiger partial charge in [-0.2, -0.15) is 4.31 Å². The minimum atomic E-state index is -3.63. The maximum atomic E-state index is 13.1. The van der Waals surface area contributed by atoms with Gasteiger partial charge in [0.15, 0.2) is 0 Å². The van der Waals surface area contributed by atoms with E-state index in [1.54, 1.807) is 32.4 Å². The summed E-state index contributed by atoms with van der Waals surface area (Å²) in [6, 6.07) is 14.1. The maximum Gasteiger partial charge on any atom is 0.251 e. The molecule has 1 N–H and O–H groups in total. The van der Waals surface area contributed by atoms with Crippen molar-refractivity contribution in [2.24, 2.45) is 0 Å². The molecule has 1 aliphatic rings. The Hall–Kier alpha value is -2.22. The maximum absolute atomic E-state index is 13.1. The van der Waals surface area contributed by atoms with Crippen LogP contribution in [0.4, 0.5) is 0 Å². The van der Waals surface area contributed by atoms with Crippen molar-refractivity contribution >= 4 is 15.9 Å². The predicted octanol–water partition coefficient (Wildman–Crippen LogP) is 3.72. The first-order valence-electron chi connectivity index (χ1n) is 10.3. The van der Waals surface area contributed by atoms with Crippen LogP contribution in [0.15, 0.2) is 53.4 Å². The van der Waals surface area contributed by atoms with Crippen LogP contribution in [-0.2, 0) is 27.9 Å². The van der Waals surface area contributed by atoms with Crippen molar-refractivity contribution in [1.82, 2.24) is 9.62 Å². The van der Waals surface area contributed by atoms with Gasteiger partial charge in [-0.3, -0.25) is 4.79 Å². The summed E-state index contributed by atoms with van der Waals surface area (Å²) >= 11 is 0. The lowest BCUT2D eigenvalue weighted by molar-refractivity contribution is 0.0950. The van der Waals surface area contributed by atoms with Crippen LogP contribution < -0.4 is 5.32 Å². The molecule has 0 bridgehead atoms. The number of hydrogen-bond acceptors (Lipinski definition) is 4. The van der Waals surface area contributed by atoms with Crippen LogP contribution in [0.5, 0.6) is 0 Å². The van der Waals surface area contributed by atoms with E-state index in [-0.39, 0.29) is 16.8 Å². The van der Waals surface area contributed by atoms with Gasteiger partial charge < -0.3 is 10.1 Å². The second kappa shape index (κ2) is 10.2. The first-order chi connectivity index (χ1) is 14.4. The molecule has 1 fully saturated rings. The number of carbonyl (C=O) groups is 1. The lowest BCUT2D eigenvalue weighted by Crippen LogP contribution is -2.38. The van der Waals surface area contributed by atoms with E-state index in [0.717, 1.165) is 43.2 Å². The molecule has 30 heavy (non-hydrogen) atoms. The molecule has 1 aliphatic carbocycles. The van der Waals surface area contributed by atoms with E-state index in [2.05, 4.69) is 5.32 Å². The molecule has 0 radical (unpaired) electrons. The van der Waals surface area contributed by atoms with Crippen LogP contribution >= 0.6 is 0 Å². The highest BCUT2D eigenvalue weighted by atomic mass is 32.2. The highest BCUT2D eigenvalue weighted by Gasteiger charge is 2.29. The summed E-state index contributed by atoms with van der Waals surface area (Å²) in [6.45, 7) is 0.867. The third kappa shape index (κ3) is 5.47.